The van der Waals surface area contributed by atoms with Gasteiger partial charge in [-0.25, -0.2) is 0 Å². The lowest BCUT2D eigenvalue weighted by atomic mass is 10.0. The van der Waals surface area contributed by atoms with E-state index in [4.69, 9.17) is 0 Å². The number of hydrogen-bond donors (Lipinski definition) is 1. The van der Waals surface area contributed by atoms with Crippen LogP contribution >= 0.6 is 0 Å². The van der Waals surface area contributed by atoms with Gasteiger partial charge in [-0.1, -0.05) is 54.4 Å². The molecule has 0 aromatic heterocycles. The van der Waals surface area contributed by atoms with Crippen LogP contribution in [0.4, 0.5) is 0 Å². The molecule has 1 unspecified atom stereocenters. The molecule has 2 nitrogen and oxygen atoms in total. The number of nitrogens with zero attached hydrogens (tertiary/aromatic N) is 1. The van der Waals surface area contributed by atoms with Gasteiger partial charge >= 0.3 is 0 Å². The predicted octanol–water partition coefficient (Wildman–Crippen LogP) is 3.52. The van der Waals surface area contributed by atoms with Crippen LogP contribution in [0.25, 0.3) is 0 Å². The molecule has 0 rings (SSSR count). The Morgan fingerprint density at radius 1 is 0.941 bits per heavy atom. The summed E-state index contributed by atoms with van der Waals surface area (Å²) >= 11 is 0. The fourth-order valence-corrected chi connectivity index (χ4v) is 2.32. The van der Waals surface area contributed by atoms with Crippen molar-refractivity contribution in [2.24, 2.45) is 5.92 Å². The third-order valence-corrected chi connectivity index (χ3v) is 3.80. The summed E-state index contributed by atoms with van der Waals surface area (Å²) in [5.41, 5.74) is 0. The normalized spacial score (nSPS) is 13.9. The zero-order valence-electron chi connectivity index (χ0n) is 12.9. The smallest absolute Gasteiger partial charge is 0.0218 e. The Bertz CT molecular complexity index is 164. The molecule has 0 spiro atoms. The van der Waals surface area contributed by atoms with Crippen LogP contribution in [-0.4, -0.2) is 36.6 Å². The Kier molecular flexibility index (Phi) is 9.85. The van der Waals surface area contributed by atoms with Crippen molar-refractivity contribution < 1.29 is 0 Å². The van der Waals surface area contributed by atoms with Gasteiger partial charge < -0.3 is 5.32 Å². The number of rotatable bonds is 10. The van der Waals surface area contributed by atoms with Crippen LogP contribution in [0.2, 0.25) is 0 Å². The topological polar surface area (TPSA) is 15.3 Å². The van der Waals surface area contributed by atoms with Crippen molar-refractivity contribution in [3.05, 3.63) is 0 Å². The summed E-state index contributed by atoms with van der Waals surface area (Å²) < 4.78 is 0. The van der Waals surface area contributed by atoms with E-state index < -0.39 is 0 Å². The molecule has 0 radical (unpaired) electrons. The fraction of sp³-hybridized carbons (Fsp3) is 1.00. The first-order valence-electron chi connectivity index (χ1n) is 7.56. The minimum Gasteiger partial charge on any atom is -0.313 e. The molecule has 0 saturated heterocycles. The van der Waals surface area contributed by atoms with Crippen molar-refractivity contribution in [1.82, 2.24) is 10.2 Å². The van der Waals surface area contributed by atoms with Crippen LogP contribution in [0.1, 0.15) is 60.8 Å². The predicted molar refractivity (Wildman–Crippen MR) is 78.5 cm³/mol. The average molecular weight is 242 g/mol. The van der Waals surface area contributed by atoms with E-state index in [1.165, 1.54) is 32.4 Å². The van der Waals surface area contributed by atoms with Gasteiger partial charge in [0.2, 0.25) is 0 Å². The lowest BCUT2D eigenvalue weighted by molar-refractivity contribution is 0.160. The highest BCUT2D eigenvalue weighted by Crippen LogP contribution is 2.13. The standard InChI is InChI=1S/C15H34N2/c1-7-14(8-2)12-17(10-4)15(9-3)11-16-13(5)6/h13-16H,7-12H2,1-6H3. The molecule has 2 heteroatoms. The molecule has 0 saturated carbocycles. The summed E-state index contributed by atoms with van der Waals surface area (Å²) in [7, 11) is 0. The van der Waals surface area contributed by atoms with E-state index in [0.29, 0.717) is 12.1 Å². The largest absolute Gasteiger partial charge is 0.313 e. The molecule has 0 aliphatic heterocycles. The van der Waals surface area contributed by atoms with Crippen molar-refractivity contribution in [1.29, 1.82) is 0 Å². The molecule has 0 aromatic rings. The maximum atomic E-state index is 3.58. The molecular formula is C15H34N2. The number of hydrogen-bond acceptors (Lipinski definition) is 2. The Hall–Kier alpha value is -0.0800. The second-order valence-corrected chi connectivity index (χ2v) is 5.40. The molecule has 1 N–H and O–H groups in total. The van der Waals surface area contributed by atoms with Crippen LogP contribution in [-0.2, 0) is 0 Å². The summed E-state index contributed by atoms with van der Waals surface area (Å²) in [6.45, 7) is 17.2. The monoisotopic (exact) mass is 242 g/mol. The maximum Gasteiger partial charge on any atom is 0.0218 e. The van der Waals surface area contributed by atoms with E-state index in [0.717, 1.165) is 12.5 Å². The van der Waals surface area contributed by atoms with Gasteiger partial charge in [-0.2, -0.15) is 0 Å². The Balaban J connectivity index is 4.26. The maximum absolute atomic E-state index is 3.58. The fourth-order valence-electron chi connectivity index (χ4n) is 2.32. The summed E-state index contributed by atoms with van der Waals surface area (Å²) in [6.07, 6.45) is 3.86. The summed E-state index contributed by atoms with van der Waals surface area (Å²) in [4.78, 5) is 2.66. The van der Waals surface area contributed by atoms with E-state index in [1.807, 2.05) is 0 Å². The molecule has 0 aromatic carbocycles. The van der Waals surface area contributed by atoms with Crippen molar-refractivity contribution in [2.75, 3.05) is 19.6 Å². The highest BCUT2D eigenvalue weighted by Gasteiger charge is 2.18. The van der Waals surface area contributed by atoms with Crippen molar-refractivity contribution in [2.45, 2.75) is 72.9 Å². The van der Waals surface area contributed by atoms with Crippen LogP contribution in [0.3, 0.4) is 0 Å². The first kappa shape index (κ1) is 16.9. The minimum absolute atomic E-state index is 0.593. The molecule has 104 valence electrons. The van der Waals surface area contributed by atoms with Crippen LogP contribution < -0.4 is 5.32 Å². The zero-order valence-corrected chi connectivity index (χ0v) is 12.9. The van der Waals surface area contributed by atoms with Crippen LogP contribution in [0, 0.1) is 5.92 Å². The quantitative estimate of drug-likeness (QED) is 0.630. The van der Waals surface area contributed by atoms with E-state index >= 15 is 0 Å². The van der Waals surface area contributed by atoms with Crippen molar-refractivity contribution in [3.63, 3.8) is 0 Å². The molecule has 17 heavy (non-hydrogen) atoms. The van der Waals surface area contributed by atoms with Gasteiger partial charge in [0.1, 0.15) is 0 Å². The Labute approximate surface area is 109 Å². The van der Waals surface area contributed by atoms with E-state index in [2.05, 4.69) is 51.8 Å². The lowest BCUT2D eigenvalue weighted by Crippen LogP contribution is -2.45. The highest BCUT2D eigenvalue weighted by atomic mass is 15.2. The molecule has 0 amide bonds. The van der Waals surface area contributed by atoms with Gasteiger partial charge in [-0.15, -0.1) is 0 Å². The summed E-state index contributed by atoms with van der Waals surface area (Å²) in [6, 6.07) is 1.29. The van der Waals surface area contributed by atoms with Gasteiger partial charge in [-0.3, -0.25) is 4.90 Å². The van der Waals surface area contributed by atoms with Gasteiger partial charge in [0.05, 0.1) is 0 Å². The number of likely N-dealkylation sites (N-methyl/N-ethyl adjacent to an activating group) is 1. The van der Waals surface area contributed by atoms with Crippen molar-refractivity contribution in [3.8, 4) is 0 Å². The summed E-state index contributed by atoms with van der Waals surface area (Å²) in [5, 5.41) is 3.58. The van der Waals surface area contributed by atoms with Crippen LogP contribution in [0.15, 0.2) is 0 Å². The molecular weight excluding hydrogens is 208 g/mol. The molecule has 0 aliphatic carbocycles. The third-order valence-electron chi connectivity index (χ3n) is 3.80. The minimum atomic E-state index is 0.593. The first-order chi connectivity index (χ1) is 8.08. The van der Waals surface area contributed by atoms with Gasteiger partial charge in [0, 0.05) is 25.2 Å². The molecule has 1 atom stereocenters. The van der Waals surface area contributed by atoms with E-state index in [-0.39, 0.29) is 0 Å². The second kappa shape index (κ2) is 9.90. The number of nitrogens with one attached hydrogen (secondary N) is 1. The SMILES string of the molecule is CCC(CC)CN(CC)C(CC)CNC(C)C. The van der Waals surface area contributed by atoms with Gasteiger partial charge in [-0.05, 0) is 18.9 Å². The second-order valence-electron chi connectivity index (χ2n) is 5.40. The van der Waals surface area contributed by atoms with Crippen LogP contribution in [0.5, 0.6) is 0 Å². The molecule has 0 fully saturated rings. The highest BCUT2D eigenvalue weighted by molar-refractivity contribution is 4.75. The lowest BCUT2D eigenvalue weighted by Gasteiger charge is -2.33. The Morgan fingerprint density at radius 2 is 1.53 bits per heavy atom. The first-order valence-corrected chi connectivity index (χ1v) is 7.56. The van der Waals surface area contributed by atoms with Gasteiger partial charge in [0.15, 0.2) is 0 Å². The van der Waals surface area contributed by atoms with E-state index in [9.17, 15) is 0 Å². The zero-order chi connectivity index (χ0) is 13.3. The molecule has 0 bridgehead atoms. The Morgan fingerprint density at radius 3 is 1.88 bits per heavy atom. The molecule has 0 heterocycles. The molecule has 0 aliphatic rings. The van der Waals surface area contributed by atoms with Gasteiger partial charge in [0.25, 0.3) is 0 Å². The summed E-state index contributed by atoms with van der Waals surface area (Å²) in [5.74, 6) is 0.864. The van der Waals surface area contributed by atoms with Crippen molar-refractivity contribution >= 4 is 0 Å². The van der Waals surface area contributed by atoms with E-state index in [1.54, 1.807) is 0 Å². The average Bonchev–Trinajstić information content (AvgIpc) is 2.33. The third kappa shape index (κ3) is 7.05.